The molecule has 4 rings (SSSR count). The molecular weight excluding hydrogens is 298 g/mol. The Balaban J connectivity index is 2.28. The number of hydrogen-bond acceptors (Lipinski definition) is 6. The molecule has 0 unspecified atom stereocenters. The lowest BCUT2D eigenvalue weighted by molar-refractivity contribution is 0.328. The Hall–Kier alpha value is -3.02. The van der Waals surface area contributed by atoms with Crippen molar-refractivity contribution in [2.45, 2.75) is 0 Å². The van der Waals surface area contributed by atoms with E-state index < -0.39 is 5.63 Å². The summed E-state index contributed by atoms with van der Waals surface area (Å²) in [6.07, 6.45) is 1.65. The molecule has 1 aromatic carbocycles. The maximum atomic E-state index is 11.6. The molecular formula is C17H13NO5. The van der Waals surface area contributed by atoms with E-state index in [1.165, 1.54) is 6.07 Å². The van der Waals surface area contributed by atoms with Crippen LogP contribution in [0.3, 0.4) is 0 Å². The van der Waals surface area contributed by atoms with Crippen LogP contribution >= 0.6 is 0 Å². The van der Waals surface area contributed by atoms with Crippen molar-refractivity contribution in [1.29, 1.82) is 0 Å². The Kier molecular flexibility index (Phi) is 2.81. The molecule has 2 aromatic heterocycles. The van der Waals surface area contributed by atoms with Gasteiger partial charge in [-0.3, -0.25) is 4.98 Å². The van der Waals surface area contributed by atoms with Crippen molar-refractivity contribution >= 4 is 10.8 Å². The first kappa shape index (κ1) is 13.6. The third kappa shape index (κ3) is 1.63. The summed E-state index contributed by atoms with van der Waals surface area (Å²) in [4.78, 5) is 16.0. The SMILES string of the molecule is COc1c(OC)c2c3c(nccc3c1OC)-c1oc(=O)ccc1-2. The predicted molar refractivity (Wildman–Crippen MR) is 84.4 cm³/mol. The number of fused-ring (bicyclic) bond motifs is 3. The number of rotatable bonds is 3. The van der Waals surface area contributed by atoms with E-state index in [-0.39, 0.29) is 0 Å². The number of benzene rings is 1. The van der Waals surface area contributed by atoms with Crippen molar-refractivity contribution in [3.05, 3.63) is 34.8 Å². The number of aromatic nitrogens is 1. The van der Waals surface area contributed by atoms with Gasteiger partial charge in [-0.05, 0) is 12.1 Å². The average Bonchev–Trinajstić information content (AvgIpc) is 2.90. The molecule has 0 radical (unpaired) electrons. The number of ether oxygens (including phenoxy) is 3. The summed E-state index contributed by atoms with van der Waals surface area (Å²) < 4.78 is 22.0. The number of methoxy groups -OCH3 is 3. The second kappa shape index (κ2) is 4.74. The van der Waals surface area contributed by atoms with E-state index in [1.54, 1.807) is 33.6 Å². The first-order chi connectivity index (χ1) is 11.2. The van der Waals surface area contributed by atoms with Crippen LogP contribution < -0.4 is 19.8 Å². The van der Waals surface area contributed by atoms with Gasteiger partial charge in [0.15, 0.2) is 17.3 Å². The fourth-order valence-electron chi connectivity index (χ4n) is 3.16. The molecule has 6 heteroatoms. The standard InChI is InChI=1S/C17H13NO5/c1-20-15-9-6-7-18-13-11(9)12(16(21-2)17(15)22-3)8-4-5-10(19)23-14(8)13/h4-7H,1-3H3. The molecule has 0 saturated heterocycles. The third-order valence-electron chi connectivity index (χ3n) is 4.02. The van der Waals surface area contributed by atoms with Gasteiger partial charge in [0.1, 0.15) is 5.69 Å². The van der Waals surface area contributed by atoms with Crippen LogP contribution in [-0.4, -0.2) is 26.3 Å². The van der Waals surface area contributed by atoms with Gasteiger partial charge in [0, 0.05) is 34.2 Å². The summed E-state index contributed by atoms with van der Waals surface area (Å²) in [5.74, 6) is 2.01. The zero-order valence-corrected chi connectivity index (χ0v) is 12.8. The lowest BCUT2D eigenvalue weighted by Crippen LogP contribution is -1.98. The van der Waals surface area contributed by atoms with Gasteiger partial charge in [0.2, 0.25) is 5.75 Å². The minimum atomic E-state index is -0.423. The van der Waals surface area contributed by atoms with Crippen LogP contribution in [-0.2, 0) is 0 Å². The van der Waals surface area contributed by atoms with Crippen molar-refractivity contribution in [2.75, 3.05) is 21.3 Å². The highest BCUT2D eigenvalue weighted by atomic mass is 16.5. The second-order valence-corrected chi connectivity index (χ2v) is 5.05. The molecule has 0 bridgehead atoms. The van der Waals surface area contributed by atoms with Gasteiger partial charge >= 0.3 is 5.63 Å². The summed E-state index contributed by atoms with van der Waals surface area (Å²) in [6, 6.07) is 4.94. The minimum Gasteiger partial charge on any atom is -0.492 e. The Labute approximate surface area is 131 Å². The van der Waals surface area contributed by atoms with Crippen LogP contribution in [0.4, 0.5) is 0 Å². The smallest absolute Gasteiger partial charge is 0.336 e. The van der Waals surface area contributed by atoms with Crippen LogP contribution in [0.2, 0.25) is 0 Å². The summed E-state index contributed by atoms with van der Waals surface area (Å²) in [5.41, 5.74) is 1.72. The molecule has 0 atom stereocenters. The highest BCUT2D eigenvalue weighted by Gasteiger charge is 2.33. The molecule has 6 nitrogen and oxygen atoms in total. The molecule has 0 aliphatic heterocycles. The number of pyridine rings is 1. The van der Waals surface area contributed by atoms with Crippen molar-refractivity contribution in [1.82, 2.24) is 4.98 Å². The summed E-state index contributed by atoms with van der Waals surface area (Å²) in [7, 11) is 4.69. The van der Waals surface area contributed by atoms with Crippen LogP contribution in [0.15, 0.2) is 33.6 Å². The monoisotopic (exact) mass is 311 g/mol. The Morgan fingerprint density at radius 2 is 1.70 bits per heavy atom. The van der Waals surface area contributed by atoms with Crippen molar-refractivity contribution in [2.24, 2.45) is 0 Å². The second-order valence-electron chi connectivity index (χ2n) is 5.05. The fourth-order valence-corrected chi connectivity index (χ4v) is 3.16. The van der Waals surface area contributed by atoms with Gasteiger partial charge in [-0.15, -0.1) is 0 Å². The number of hydrogen-bond donors (Lipinski definition) is 0. The molecule has 1 aliphatic carbocycles. The molecule has 116 valence electrons. The lowest BCUT2D eigenvalue weighted by atomic mass is 10.0. The first-order valence-corrected chi connectivity index (χ1v) is 6.96. The molecule has 23 heavy (non-hydrogen) atoms. The van der Waals surface area contributed by atoms with Gasteiger partial charge in [0.05, 0.1) is 21.3 Å². The van der Waals surface area contributed by atoms with Crippen LogP contribution in [0.1, 0.15) is 0 Å². The maximum absolute atomic E-state index is 11.6. The quantitative estimate of drug-likeness (QED) is 0.579. The Morgan fingerprint density at radius 1 is 0.957 bits per heavy atom. The van der Waals surface area contributed by atoms with Gasteiger partial charge in [-0.2, -0.15) is 0 Å². The maximum Gasteiger partial charge on any atom is 0.336 e. The molecule has 0 amide bonds. The van der Waals surface area contributed by atoms with Gasteiger partial charge in [0.25, 0.3) is 0 Å². The van der Waals surface area contributed by atoms with E-state index in [0.29, 0.717) is 28.7 Å². The molecule has 1 aliphatic rings. The zero-order valence-electron chi connectivity index (χ0n) is 12.8. The molecule has 0 N–H and O–H groups in total. The van der Waals surface area contributed by atoms with Crippen LogP contribution in [0.25, 0.3) is 33.4 Å². The summed E-state index contributed by atoms with van der Waals surface area (Å²) in [5, 5.41) is 1.65. The fraction of sp³-hybridized carbons (Fsp3) is 0.176. The largest absolute Gasteiger partial charge is 0.492 e. The predicted octanol–water partition coefficient (Wildman–Crippen LogP) is 2.86. The Bertz CT molecular complexity index is 1010. The van der Waals surface area contributed by atoms with Gasteiger partial charge < -0.3 is 18.6 Å². The van der Waals surface area contributed by atoms with Gasteiger partial charge in [-0.1, -0.05) is 0 Å². The highest BCUT2D eigenvalue weighted by molar-refractivity contribution is 6.17. The minimum absolute atomic E-state index is 0.423. The third-order valence-corrected chi connectivity index (χ3v) is 4.02. The highest BCUT2D eigenvalue weighted by Crippen LogP contribution is 2.57. The van der Waals surface area contributed by atoms with E-state index in [4.69, 9.17) is 18.6 Å². The summed E-state index contributed by atoms with van der Waals surface area (Å²) >= 11 is 0. The van der Waals surface area contributed by atoms with Crippen molar-refractivity contribution in [3.63, 3.8) is 0 Å². The van der Waals surface area contributed by atoms with Crippen molar-refractivity contribution in [3.8, 4) is 39.8 Å². The van der Waals surface area contributed by atoms with E-state index in [0.717, 1.165) is 21.9 Å². The molecule has 0 spiro atoms. The Morgan fingerprint density at radius 3 is 2.39 bits per heavy atom. The van der Waals surface area contributed by atoms with E-state index in [9.17, 15) is 4.79 Å². The van der Waals surface area contributed by atoms with E-state index in [2.05, 4.69) is 4.98 Å². The van der Waals surface area contributed by atoms with E-state index in [1.807, 2.05) is 6.07 Å². The van der Waals surface area contributed by atoms with Gasteiger partial charge in [-0.25, -0.2) is 4.79 Å². The van der Waals surface area contributed by atoms with Crippen LogP contribution in [0.5, 0.6) is 17.2 Å². The van der Waals surface area contributed by atoms with Crippen molar-refractivity contribution < 1.29 is 18.6 Å². The molecule has 0 saturated carbocycles. The topological polar surface area (TPSA) is 70.8 Å². The number of nitrogens with zero attached hydrogens (tertiary/aromatic N) is 1. The van der Waals surface area contributed by atoms with Crippen LogP contribution in [0, 0.1) is 0 Å². The molecule has 2 heterocycles. The van der Waals surface area contributed by atoms with E-state index >= 15 is 0 Å². The zero-order chi connectivity index (χ0) is 16.1. The lowest BCUT2D eigenvalue weighted by Gasteiger charge is -2.17. The first-order valence-electron chi connectivity index (χ1n) is 6.96. The summed E-state index contributed by atoms with van der Waals surface area (Å²) in [6.45, 7) is 0. The molecule has 0 fully saturated rings. The normalized spacial score (nSPS) is 11.4. The average molecular weight is 311 g/mol. The molecule has 3 aromatic rings.